The van der Waals surface area contributed by atoms with E-state index in [0.717, 1.165) is 10.9 Å². The largest absolute Gasteiger partial charge is 0.322 e. The van der Waals surface area contributed by atoms with Crippen LogP contribution in [0.5, 0.6) is 0 Å². The van der Waals surface area contributed by atoms with Gasteiger partial charge in [-0.1, -0.05) is 26.8 Å². The van der Waals surface area contributed by atoms with Gasteiger partial charge in [-0.2, -0.15) is 0 Å². The first-order chi connectivity index (χ1) is 12.2. The molecular formula is C20H21N3O3. The van der Waals surface area contributed by atoms with Crippen molar-refractivity contribution >= 4 is 22.5 Å². The average Bonchev–Trinajstić information content (AvgIpc) is 2.55. The highest BCUT2D eigenvalue weighted by Crippen LogP contribution is 2.29. The first kappa shape index (κ1) is 17.7. The van der Waals surface area contributed by atoms with Crippen LogP contribution in [0.15, 0.2) is 52.2 Å². The van der Waals surface area contributed by atoms with Gasteiger partial charge in [0.1, 0.15) is 5.56 Å². The molecule has 0 atom stereocenters. The summed E-state index contributed by atoms with van der Waals surface area (Å²) in [7, 11) is 1.59. The van der Waals surface area contributed by atoms with Crippen LogP contribution in [0.2, 0.25) is 0 Å². The molecule has 2 heterocycles. The number of rotatable bonds is 2. The number of aromatic nitrogens is 2. The van der Waals surface area contributed by atoms with E-state index >= 15 is 0 Å². The summed E-state index contributed by atoms with van der Waals surface area (Å²) in [5.74, 6) is -0.486. The van der Waals surface area contributed by atoms with Crippen LogP contribution in [0.3, 0.4) is 0 Å². The molecule has 3 aromatic rings. The molecule has 0 radical (unpaired) electrons. The Morgan fingerprint density at radius 3 is 2.54 bits per heavy atom. The van der Waals surface area contributed by atoms with E-state index in [9.17, 15) is 14.4 Å². The standard InChI is InChI=1S/C20H21N3O3/c1-20(2,3)15-11-17(24)22-16-10-12(7-8-13(15)16)21-18(25)14-6-5-9-23(4)19(14)26/h5-11H,1-4H3,(H,21,25)(H,22,24). The fraction of sp³-hybridized carbons (Fsp3) is 0.250. The quantitative estimate of drug-likeness (QED) is 0.745. The molecule has 0 aliphatic carbocycles. The molecule has 134 valence electrons. The Balaban J connectivity index is 2.02. The molecule has 0 aliphatic rings. The van der Waals surface area contributed by atoms with Gasteiger partial charge in [0.05, 0.1) is 5.52 Å². The summed E-state index contributed by atoms with van der Waals surface area (Å²) in [6.07, 6.45) is 1.59. The number of anilines is 1. The van der Waals surface area contributed by atoms with Crippen molar-refractivity contribution in [3.05, 3.63) is 74.4 Å². The van der Waals surface area contributed by atoms with Crippen molar-refractivity contribution in [2.45, 2.75) is 26.2 Å². The van der Waals surface area contributed by atoms with Crippen LogP contribution in [0.25, 0.3) is 10.9 Å². The molecule has 1 amide bonds. The second-order valence-corrected chi connectivity index (χ2v) is 7.35. The fourth-order valence-electron chi connectivity index (χ4n) is 2.93. The third kappa shape index (κ3) is 3.31. The molecule has 6 nitrogen and oxygen atoms in total. The van der Waals surface area contributed by atoms with E-state index in [0.29, 0.717) is 11.2 Å². The zero-order chi connectivity index (χ0) is 19.1. The summed E-state index contributed by atoms with van der Waals surface area (Å²) in [5, 5.41) is 3.64. The molecule has 2 N–H and O–H groups in total. The minimum absolute atomic E-state index is 0.0621. The topological polar surface area (TPSA) is 84.0 Å². The Labute approximate surface area is 150 Å². The minimum atomic E-state index is -0.486. The molecule has 3 rings (SSSR count). The van der Waals surface area contributed by atoms with E-state index in [1.165, 1.54) is 10.6 Å². The number of nitrogens with zero attached hydrogens (tertiary/aromatic N) is 1. The Morgan fingerprint density at radius 1 is 1.12 bits per heavy atom. The lowest BCUT2D eigenvalue weighted by atomic mass is 9.85. The van der Waals surface area contributed by atoms with Gasteiger partial charge in [0.25, 0.3) is 11.5 Å². The number of hydrogen-bond acceptors (Lipinski definition) is 3. The number of pyridine rings is 2. The molecule has 26 heavy (non-hydrogen) atoms. The maximum atomic E-state index is 12.4. The second kappa shape index (κ2) is 6.29. The highest BCUT2D eigenvalue weighted by molar-refractivity contribution is 6.04. The molecule has 0 unspecified atom stereocenters. The Kier molecular flexibility index (Phi) is 4.28. The molecule has 0 aliphatic heterocycles. The normalized spacial score (nSPS) is 11.5. The summed E-state index contributed by atoms with van der Waals surface area (Å²) in [6.45, 7) is 6.13. The molecule has 0 fully saturated rings. The van der Waals surface area contributed by atoms with Gasteiger partial charge in [-0.3, -0.25) is 14.4 Å². The number of amides is 1. The highest BCUT2D eigenvalue weighted by atomic mass is 16.2. The van der Waals surface area contributed by atoms with Crippen molar-refractivity contribution in [3.63, 3.8) is 0 Å². The van der Waals surface area contributed by atoms with Gasteiger partial charge in [0.15, 0.2) is 0 Å². The van der Waals surface area contributed by atoms with Gasteiger partial charge in [-0.15, -0.1) is 0 Å². The molecule has 0 bridgehead atoms. The summed E-state index contributed by atoms with van der Waals surface area (Å²) >= 11 is 0. The molecule has 0 saturated heterocycles. The van der Waals surface area contributed by atoms with Gasteiger partial charge in [0, 0.05) is 30.4 Å². The van der Waals surface area contributed by atoms with E-state index < -0.39 is 5.91 Å². The second-order valence-electron chi connectivity index (χ2n) is 7.35. The number of benzene rings is 1. The Hall–Kier alpha value is -3.15. The number of nitrogens with one attached hydrogen (secondary N) is 2. The number of aryl methyl sites for hydroxylation is 1. The third-order valence-electron chi connectivity index (χ3n) is 4.28. The lowest BCUT2D eigenvalue weighted by molar-refractivity contribution is 0.102. The SMILES string of the molecule is Cn1cccc(C(=O)Nc2ccc3c(C(C)(C)C)cc(=O)[nH]c3c2)c1=O. The first-order valence-corrected chi connectivity index (χ1v) is 8.31. The average molecular weight is 351 g/mol. The molecule has 6 heteroatoms. The summed E-state index contributed by atoms with van der Waals surface area (Å²) in [4.78, 5) is 39.3. The van der Waals surface area contributed by atoms with Crippen LogP contribution < -0.4 is 16.4 Å². The van der Waals surface area contributed by atoms with Gasteiger partial charge in [-0.05, 0) is 35.2 Å². The molecule has 2 aromatic heterocycles. The first-order valence-electron chi connectivity index (χ1n) is 8.31. The lowest BCUT2D eigenvalue weighted by Crippen LogP contribution is -2.27. The van der Waals surface area contributed by atoms with Crippen molar-refractivity contribution in [3.8, 4) is 0 Å². The monoisotopic (exact) mass is 351 g/mol. The molecular weight excluding hydrogens is 330 g/mol. The van der Waals surface area contributed by atoms with Crippen molar-refractivity contribution < 1.29 is 4.79 Å². The fourth-order valence-corrected chi connectivity index (χ4v) is 2.93. The minimum Gasteiger partial charge on any atom is -0.322 e. The smallest absolute Gasteiger partial charge is 0.263 e. The van der Waals surface area contributed by atoms with Gasteiger partial charge in [-0.25, -0.2) is 0 Å². The van der Waals surface area contributed by atoms with Crippen LogP contribution in [0.4, 0.5) is 5.69 Å². The number of fused-ring (bicyclic) bond motifs is 1. The molecule has 0 saturated carbocycles. The van der Waals surface area contributed by atoms with Crippen LogP contribution in [0.1, 0.15) is 36.7 Å². The predicted octanol–water partition coefficient (Wildman–Crippen LogP) is 2.78. The predicted molar refractivity (Wildman–Crippen MR) is 103 cm³/mol. The maximum Gasteiger partial charge on any atom is 0.263 e. The lowest BCUT2D eigenvalue weighted by Gasteiger charge is -2.21. The Bertz CT molecular complexity index is 1120. The summed E-state index contributed by atoms with van der Waals surface area (Å²) in [5.41, 5.74) is 1.40. The van der Waals surface area contributed by atoms with Gasteiger partial charge >= 0.3 is 0 Å². The van der Waals surface area contributed by atoms with Crippen molar-refractivity contribution in [2.24, 2.45) is 7.05 Å². The van der Waals surface area contributed by atoms with Crippen molar-refractivity contribution in [1.82, 2.24) is 9.55 Å². The van der Waals surface area contributed by atoms with E-state index in [4.69, 9.17) is 0 Å². The van der Waals surface area contributed by atoms with Crippen LogP contribution in [-0.4, -0.2) is 15.5 Å². The van der Waals surface area contributed by atoms with E-state index in [-0.39, 0.29) is 22.1 Å². The Morgan fingerprint density at radius 2 is 1.85 bits per heavy atom. The zero-order valence-corrected chi connectivity index (χ0v) is 15.2. The highest BCUT2D eigenvalue weighted by Gasteiger charge is 2.18. The summed E-state index contributed by atoms with van der Waals surface area (Å²) in [6, 6.07) is 10.1. The van der Waals surface area contributed by atoms with E-state index in [1.807, 2.05) is 26.8 Å². The molecule has 1 aromatic carbocycles. The van der Waals surface area contributed by atoms with E-state index in [2.05, 4.69) is 10.3 Å². The zero-order valence-electron chi connectivity index (χ0n) is 15.2. The van der Waals surface area contributed by atoms with E-state index in [1.54, 1.807) is 37.5 Å². The third-order valence-corrected chi connectivity index (χ3v) is 4.28. The van der Waals surface area contributed by atoms with Gasteiger partial charge in [0.2, 0.25) is 5.56 Å². The number of H-pyrrole nitrogens is 1. The van der Waals surface area contributed by atoms with Gasteiger partial charge < -0.3 is 14.9 Å². The number of carbonyl (C=O) groups excluding carboxylic acids is 1. The number of hydrogen-bond donors (Lipinski definition) is 2. The molecule has 0 spiro atoms. The van der Waals surface area contributed by atoms with Crippen LogP contribution in [-0.2, 0) is 12.5 Å². The van der Waals surface area contributed by atoms with Crippen LogP contribution in [0, 0.1) is 0 Å². The maximum absolute atomic E-state index is 12.4. The summed E-state index contributed by atoms with van der Waals surface area (Å²) < 4.78 is 1.35. The number of carbonyl (C=O) groups is 1. The van der Waals surface area contributed by atoms with Crippen LogP contribution >= 0.6 is 0 Å². The number of aromatic amines is 1. The van der Waals surface area contributed by atoms with Crippen molar-refractivity contribution in [2.75, 3.05) is 5.32 Å². The van der Waals surface area contributed by atoms with Crippen molar-refractivity contribution in [1.29, 1.82) is 0 Å².